The number of anilines is 2. The van der Waals surface area contributed by atoms with Crippen molar-refractivity contribution in [2.24, 2.45) is 5.92 Å². The first-order chi connectivity index (χ1) is 32.8. The molecule has 3 N–H and O–H groups in total. The number of hydrogen-bond donors (Lipinski definition) is 3. The number of carbonyl (C=O) groups is 4. The normalized spacial score (nSPS) is 22.2. The van der Waals surface area contributed by atoms with Crippen LogP contribution < -0.4 is 20.4 Å². The summed E-state index contributed by atoms with van der Waals surface area (Å²) in [6.07, 6.45) is 11.6. The maximum Gasteiger partial charge on any atom is 0.328 e. The van der Waals surface area contributed by atoms with Crippen molar-refractivity contribution in [2.45, 2.75) is 76.0 Å². The maximum absolute atomic E-state index is 14.2. The SMILES string of the molecule is Cc1ccc(C(=O)N2CCC3(CC2)CC(N2CCN(c4ncc(-c5ccc6cn([C@H]7CC[C@H](CNC(=O)c8cc(F)c(O)c(F)c8F)CC7)nc6c5)cn4)CC2)CO3)cc1N1CCC(=O)NC1=O. The number of likely N-dealkylation sites (tertiary alicyclic amines) is 1. The Bertz CT molecular complexity index is 2770. The van der Waals surface area contributed by atoms with Gasteiger partial charge in [-0.2, -0.15) is 9.49 Å². The highest BCUT2D eigenvalue weighted by molar-refractivity contribution is 6.06. The Hall–Kier alpha value is -6.60. The number of phenols is 1. The number of rotatable bonds is 9. The molecule has 0 radical (unpaired) electrons. The molecule has 5 amide bonds. The second-order valence-corrected chi connectivity index (χ2v) is 18.8. The molecule has 6 heterocycles. The third-order valence-electron chi connectivity index (χ3n) is 14.7. The predicted octanol–water partition coefficient (Wildman–Crippen LogP) is 6.12. The number of imide groups is 1. The number of nitrogens with zero attached hydrogens (tertiary/aromatic N) is 8. The topological polar surface area (TPSA) is 178 Å². The van der Waals surface area contributed by atoms with Crippen molar-refractivity contribution in [1.29, 1.82) is 0 Å². The van der Waals surface area contributed by atoms with Crippen LogP contribution in [0.3, 0.4) is 0 Å². The number of hydrogen-bond acceptors (Lipinski definition) is 11. The molecule has 1 atom stereocenters. The summed E-state index contributed by atoms with van der Waals surface area (Å²) in [7, 11) is 0. The van der Waals surface area contributed by atoms with Gasteiger partial charge >= 0.3 is 6.03 Å². The number of piperazine rings is 1. The number of halogens is 3. The molecule has 1 unspecified atom stereocenters. The van der Waals surface area contributed by atoms with E-state index >= 15 is 0 Å². The van der Waals surface area contributed by atoms with Crippen LogP contribution in [-0.2, 0) is 9.53 Å². The molecule has 356 valence electrons. The quantitative estimate of drug-likeness (QED) is 0.145. The van der Waals surface area contributed by atoms with Crippen molar-refractivity contribution in [3.05, 3.63) is 95.2 Å². The second kappa shape index (κ2) is 18.5. The summed E-state index contributed by atoms with van der Waals surface area (Å²) in [5.41, 5.74) is 3.68. The van der Waals surface area contributed by atoms with Crippen molar-refractivity contribution in [2.75, 3.05) is 68.8 Å². The molecule has 1 spiro atoms. The van der Waals surface area contributed by atoms with Gasteiger partial charge in [0.1, 0.15) is 0 Å². The summed E-state index contributed by atoms with van der Waals surface area (Å²) >= 11 is 0. The van der Waals surface area contributed by atoms with E-state index in [2.05, 4.69) is 20.4 Å². The fourth-order valence-electron chi connectivity index (χ4n) is 10.5. The number of phenolic OH excluding ortho intramolecular Hbond substituents is 1. The number of benzene rings is 3. The minimum absolute atomic E-state index is 0.0711. The Morgan fingerprint density at radius 3 is 2.37 bits per heavy atom. The van der Waals surface area contributed by atoms with E-state index in [-0.39, 0.29) is 48.9 Å². The molecule has 3 aromatic carbocycles. The van der Waals surface area contributed by atoms with Gasteiger partial charge in [-0.3, -0.25) is 34.2 Å². The van der Waals surface area contributed by atoms with Crippen LogP contribution in [0.15, 0.2) is 61.1 Å². The molecule has 1 aliphatic carbocycles. The number of aromatic nitrogens is 4. The van der Waals surface area contributed by atoms with Gasteiger partial charge in [0.15, 0.2) is 17.4 Å². The molecule has 2 aromatic heterocycles. The third kappa shape index (κ3) is 8.96. The number of piperidine rings is 1. The van der Waals surface area contributed by atoms with Crippen molar-refractivity contribution < 1.29 is 42.2 Å². The van der Waals surface area contributed by atoms with Crippen LogP contribution in [0.5, 0.6) is 5.75 Å². The zero-order chi connectivity index (χ0) is 47.3. The molecular formula is C49H53F3N10O6. The molecular weight excluding hydrogens is 882 g/mol. The van der Waals surface area contributed by atoms with Gasteiger partial charge in [0.05, 0.1) is 29.3 Å². The van der Waals surface area contributed by atoms with E-state index < -0.39 is 40.7 Å². The zero-order valence-electron chi connectivity index (χ0n) is 37.7. The number of fused-ring (bicyclic) bond motifs is 1. The summed E-state index contributed by atoms with van der Waals surface area (Å²) in [5, 5.41) is 20.1. The molecule has 16 nitrogen and oxygen atoms in total. The predicted molar refractivity (Wildman–Crippen MR) is 245 cm³/mol. The third-order valence-corrected chi connectivity index (χ3v) is 14.7. The minimum atomic E-state index is -1.79. The maximum atomic E-state index is 14.2. The van der Waals surface area contributed by atoms with Gasteiger partial charge in [-0.25, -0.2) is 23.5 Å². The molecule has 10 rings (SSSR count). The average molecular weight is 935 g/mol. The van der Waals surface area contributed by atoms with E-state index in [1.54, 1.807) is 12.1 Å². The highest BCUT2D eigenvalue weighted by Gasteiger charge is 2.45. The average Bonchev–Trinajstić information content (AvgIpc) is 3.99. The summed E-state index contributed by atoms with van der Waals surface area (Å²) < 4.78 is 50.2. The zero-order valence-corrected chi connectivity index (χ0v) is 37.7. The van der Waals surface area contributed by atoms with E-state index in [0.29, 0.717) is 49.0 Å². The van der Waals surface area contributed by atoms with Crippen LogP contribution in [-0.4, -0.2) is 129 Å². The van der Waals surface area contributed by atoms with Crippen molar-refractivity contribution in [1.82, 2.24) is 40.2 Å². The van der Waals surface area contributed by atoms with Gasteiger partial charge in [0.25, 0.3) is 11.8 Å². The number of nitrogens with one attached hydrogen (secondary N) is 2. The van der Waals surface area contributed by atoms with Crippen LogP contribution in [0.2, 0.25) is 0 Å². The number of aryl methyl sites for hydroxylation is 1. The monoisotopic (exact) mass is 934 g/mol. The van der Waals surface area contributed by atoms with Crippen molar-refractivity contribution in [3.63, 3.8) is 0 Å². The Kier molecular flexibility index (Phi) is 12.3. The fraction of sp³-hybridized carbons (Fsp3) is 0.449. The summed E-state index contributed by atoms with van der Waals surface area (Å²) in [4.78, 5) is 68.1. The van der Waals surface area contributed by atoms with Crippen molar-refractivity contribution in [3.8, 4) is 16.9 Å². The van der Waals surface area contributed by atoms with Gasteiger partial charge in [0, 0.05) is 106 Å². The number of urea groups is 1. The van der Waals surface area contributed by atoms with Gasteiger partial charge in [-0.1, -0.05) is 18.2 Å². The van der Waals surface area contributed by atoms with Gasteiger partial charge in [-0.15, -0.1) is 0 Å². The first-order valence-electron chi connectivity index (χ1n) is 23.4. The lowest BCUT2D eigenvalue weighted by atomic mass is 9.86. The molecule has 68 heavy (non-hydrogen) atoms. The highest BCUT2D eigenvalue weighted by atomic mass is 19.2. The van der Waals surface area contributed by atoms with Crippen LogP contribution in [0.4, 0.5) is 29.6 Å². The molecule has 4 saturated heterocycles. The minimum Gasteiger partial charge on any atom is -0.503 e. The molecule has 5 aliphatic rings. The fourth-order valence-corrected chi connectivity index (χ4v) is 10.5. The number of aromatic hydroxyl groups is 1. The van der Waals surface area contributed by atoms with Gasteiger partial charge < -0.3 is 25.0 Å². The number of amides is 5. The van der Waals surface area contributed by atoms with Crippen LogP contribution in [0.25, 0.3) is 22.0 Å². The summed E-state index contributed by atoms with van der Waals surface area (Å²) in [5.74, 6) is -6.73. The summed E-state index contributed by atoms with van der Waals surface area (Å²) in [6.45, 7) is 7.55. The van der Waals surface area contributed by atoms with E-state index in [1.807, 2.05) is 59.4 Å². The Morgan fingerprint density at radius 2 is 1.63 bits per heavy atom. The lowest BCUT2D eigenvalue weighted by Gasteiger charge is -2.40. The van der Waals surface area contributed by atoms with Crippen molar-refractivity contribution >= 4 is 46.3 Å². The molecule has 0 bridgehead atoms. The first kappa shape index (κ1) is 45.2. The Labute approximate surface area is 390 Å². The van der Waals surface area contributed by atoms with E-state index in [1.165, 1.54) is 4.90 Å². The molecule has 1 saturated carbocycles. The van der Waals surface area contributed by atoms with Crippen LogP contribution >= 0.6 is 0 Å². The lowest BCUT2D eigenvalue weighted by molar-refractivity contribution is -0.120. The highest BCUT2D eigenvalue weighted by Crippen LogP contribution is 2.39. The Morgan fingerprint density at radius 1 is 0.882 bits per heavy atom. The number of ether oxygens (including phenoxy) is 1. The smallest absolute Gasteiger partial charge is 0.328 e. The molecule has 5 aromatic rings. The van der Waals surface area contributed by atoms with E-state index in [4.69, 9.17) is 19.8 Å². The number of carbonyl (C=O) groups excluding carboxylic acids is 4. The largest absolute Gasteiger partial charge is 0.503 e. The second-order valence-electron chi connectivity index (χ2n) is 18.8. The molecule has 4 aliphatic heterocycles. The van der Waals surface area contributed by atoms with Crippen LogP contribution in [0.1, 0.15) is 83.7 Å². The van der Waals surface area contributed by atoms with Crippen LogP contribution in [0, 0.1) is 30.3 Å². The first-order valence-corrected chi connectivity index (χ1v) is 23.4. The van der Waals surface area contributed by atoms with Gasteiger partial charge in [-0.05, 0) is 93.2 Å². The van der Waals surface area contributed by atoms with Gasteiger partial charge in [0.2, 0.25) is 17.7 Å². The lowest BCUT2D eigenvalue weighted by Crippen LogP contribution is -2.52. The van der Waals surface area contributed by atoms with E-state index in [9.17, 15) is 37.5 Å². The molecule has 5 fully saturated rings. The summed E-state index contributed by atoms with van der Waals surface area (Å²) in [6, 6.07) is 12.0. The molecule has 19 heteroatoms. The Balaban J connectivity index is 0.678. The van der Waals surface area contributed by atoms with E-state index in [0.717, 1.165) is 98.7 Å². The standard InChI is InChI=1S/C49H53F3N10O6/c1-29-2-5-32(21-40(29)61-13-10-41(63)56-48(61)67)46(66)59-14-11-49(12-15-59)23-36(28-68-49)58-16-18-60(19-17-58)47-54-25-34(26-55-47)31-6-7-33-27-62(57-39(33)20-31)35-8-3-30(4-9-35)24-53-45(65)37-22-38(50)44(64)43(52)42(37)51/h2,5-7,20-22,25-27,30,35-36,64H,3-4,8-19,23-24,28H2,1H3,(H,53,65)(H,56,63,67)/t30-,35-,36?.